The van der Waals surface area contributed by atoms with E-state index in [2.05, 4.69) is 13.8 Å². The quantitative estimate of drug-likeness (QED) is 0.572. The molecule has 2 aliphatic carbocycles. The number of rotatable bonds is 5. The van der Waals surface area contributed by atoms with Crippen LogP contribution in [0.5, 0.6) is 0 Å². The van der Waals surface area contributed by atoms with E-state index in [9.17, 15) is 14.7 Å². The molecule has 0 radical (unpaired) electrons. The van der Waals surface area contributed by atoms with E-state index in [1.54, 1.807) is 6.08 Å². The Kier molecular flexibility index (Phi) is 4.86. The SMILES string of the molecule is COC(=O)C[C@@]12C(O)C[C@@H](C)[C@](C)(CCC3=CC(=O)OC3)[C@H]1CCC[C@]21CO1. The van der Waals surface area contributed by atoms with Crippen LogP contribution < -0.4 is 0 Å². The number of carbonyl (C=O) groups is 2. The van der Waals surface area contributed by atoms with Gasteiger partial charge in [0, 0.05) is 11.5 Å². The Morgan fingerprint density at radius 3 is 2.79 bits per heavy atom. The molecular formula is C22H32O6. The summed E-state index contributed by atoms with van der Waals surface area (Å²) in [6.45, 7) is 5.53. The third-order valence-corrected chi connectivity index (χ3v) is 8.50. The van der Waals surface area contributed by atoms with Crippen LogP contribution in [-0.2, 0) is 23.8 Å². The first-order valence-electron chi connectivity index (χ1n) is 10.5. The van der Waals surface area contributed by atoms with E-state index in [4.69, 9.17) is 14.2 Å². The van der Waals surface area contributed by atoms with Gasteiger partial charge in [0.2, 0.25) is 0 Å². The van der Waals surface area contributed by atoms with Crippen LogP contribution in [0.4, 0.5) is 0 Å². The molecule has 0 bridgehead atoms. The van der Waals surface area contributed by atoms with Gasteiger partial charge in [-0.25, -0.2) is 4.79 Å². The van der Waals surface area contributed by atoms with Crippen LogP contribution >= 0.6 is 0 Å². The molecule has 6 atom stereocenters. The number of cyclic esters (lactones) is 1. The van der Waals surface area contributed by atoms with E-state index in [0.717, 1.165) is 37.7 Å². The number of epoxide rings is 1. The maximum absolute atomic E-state index is 12.4. The van der Waals surface area contributed by atoms with Gasteiger partial charge in [0.05, 0.1) is 26.2 Å². The molecule has 0 amide bonds. The first kappa shape index (κ1) is 19.9. The Morgan fingerprint density at radius 1 is 1.43 bits per heavy atom. The summed E-state index contributed by atoms with van der Waals surface area (Å²) in [5.41, 5.74) is 0.00224. The van der Waals surface area contributed by atoms with Crippen molar-refractivity contribution in [1.29, 1.82) is 0 Å². The van der Waals surface area contributed by atoms with Gasteiger partial charge in [-0.3, -0.25) is 4.79 Å². The number of esters is 2. The van der Waals surface area contributed by atoms with E-state index in [0.29, 0.717) is 25.6 Å². The fraction of sp³-hybridized carbons (Fsp3) is 0.818. The Hall–Kier alpha value is -1.40. The molecule has 4 aliphatic rings. The molecule has 6 nitrogen and oxygen atoms in total. The molecule has 1 saturated heterocycles. The normalized spacial score (nSPS) is 44.6. The van der Waals surface area contributed by atoms with Crippen molar-refractivity contribution in [3.8, 4) is 0 Å². The van der Waals surface area contributed by atoms with Gasteiger partial charge in [0.15, 0.2) is 0 Å². The van der Waals surface area contributed by atoms with Crippen molar-refractivity contribution in [2.24, 2.45) is 22.7 Å². The van der Waals surface area contributed by atoms with Crippen LogP contribution in [0, 0.1) is 22.7 Å². The summed E-state index contributed by atoms with van der Waals surface area (Å²) in [6.07, 6.45) is 6.55. The van der Waals surface area contributed by atoms with E-state index in [-0.39, 0.29) is 29.7 Å². The van der Waals surface area contributed by atoms with Crippen molar-refractivity contribution < 1.29 is 28.9 Å². The highest BCUT2D eigenvalue weighted by Gasteiger charge is 2.73. The lowest BCUT2D eigenvalue weighted by Crippen LogP contribution is -2.65. The number of hydrogen-bond donors (Lipinski definition) is 1. The lowest BCUT2D eigenvalue weighted by molar-refractivity contribution is -0.205. The fourth-order valence-electron chi connectivity index (χ4n) is 6.63. The van der Waals surface area contributed by atoms with Crippen LogP contribution in [0.15, 0.2) is 11.6 Å². The van der Waals surface area contributed by atoms with E-state index in [1.165, 1.54) is 7.11 Å². The minimum absolute atomic E-state index is 0.0564. The number of aliphatic hydroxyl groups excluding tert-OH is 1. The molecule has 6 heteroatoms. The fourth-order valence-corrected chi connectivity index (χ4v) is 6.63. The van der Waals surface area contributed by atoms with Crippen LogP contribution in [0.25, 0.3) is 0 Å². The third-order valence-electron chi connectivity index (χ3n) is 8.50. The monoisotopic (exact) mass is 392 g/mol. The molecule has 0 aromatic heterocycles. The second-order valence-corrected chi connectivity index (χ2v) is 9.59. The predicted octanol–water partition coefficient (Wildman–Crippen LogP) is 2.78. The van der Waals surface area contributed by atoms with Crippen LogP contribution in [0.2, 0.25) is 0 Å². The zero-order valence-electron chi connectivity index (χ0n) is 17.2. The van der Waals surface area contributed by atoms with Gasteiger partial charge in [-0.1, -0.05) is 20.3 Å². The van der Waals surface area contributed by atoms with E-state index < -0.39 is 17.1 Å². The second kappa shape index (κ2) is 6.84. The summed E-state index contributed by atoms with van der Waals surface area (Å²) in [5, 5.41) is 11.3. The maximum atomic E-state index is 12.4. The van der Waals surface area contributed by atoms with Crippen molar-refractivity contribution in [3.63, 3.8) is 0 Å². The van der Waals surface area contributed by atoms with E-state index in [1.807, 2.05) is 0 Å². The number of ether oxygens (including phenoxy) is 3. The summed E-state index contributed by atoms with van der Waals surface area (Å²) < 4.78 is 16.1. The van der Waals surface area contributed by atoms with Crippen LogP contribution in [0.3, 0.4) is 0 Å². The Labute approximate surface area is 166 Å². The van der Waals surface area contributed by atoms with Crippen molar-refractivity contribution in [1.82, 2.24) is 0 Å². The Morgan fingerprint density at radius 2 is 2.18 bits per heavy atom. The van der Waals surface area contributed by atoms with Crippen molar-refractivity contribution >= 4 is 11.9 Å². The first-order valence-corrected chi connectivity index (χ1v) is 10.5. The number of methoxy groups -OCH3 is 1. The third kappa shape index (κ3) is 2.83. The smallest absolute Gasteiger partial charge is 0.331 e. The molecule has 28 heavy (non-hydrogen) atoms. The highest BCUT2D eigenvalue weighted by atomic mass is 16.6. The molecule has 2 heterocycles. The molecule has 156 valence electrons. The van der Waals surface area contributed by atoms with Gasteiger partial charge >= 0.3 is 11.9 Å². The minimum Gasteiger partial charge on any atom is -0.469 e. The largest absolute Gasteiger partial charge is 0.469 e. The summed E-state index contributed by atoms with van der Waals surface area (Å²) >= 11 is 0. The van der Waals surface area contributed by atoms with Crippen molar-refractivity contribution in [3.05, 3.63) is 11.6 Å². The molecule has 0 aromatic rings. The standard InChI is InChI=1S/C22H32O6/c1-14-9-17(23)22(11-19(25)26-3)16(5-4-7-21(22)13-28-21)20(14,2)8-6-15-10-18(24)27-12-15/h10,14,16-17,23H,4-9,11-13H2,1-3H3/t14-,16-,17?,20+,21+,22+/m1/s1. The van der Waals surface area contributed by atoms with Crippen molar-refractivity contribution in [2.45, 2.75) is 70.5 Å². The summed E-state index contributed by atoms with van der Waals surface area (Å²) in [7, 11) is 1.41. The molecule has 4 rings (SSSR count). The Bertz CT molecular complexity index is 695. The molecule has 0 aromatic carbocycles. The van der Waals surface area contributed by atoms with Gasteiger partial charge in [-0.15, -0.1) is 0 Å². The topological polar surface area (TPSA) is 85.4 Å². The van der Waals surface area contributed by atoms with Gasteiger partial charge in [0.25, 0.3) is 0 Å². The average molecular weight is 392 g/mol. The number of aliphatic hydroxyl groups is 1. The lowest BCUT2D eigenvalue weighted by atomic mass is 9.42. The highest BCUT2D eigenvalue weighted by molar-refractivity contribution is 5.85. The Balaban J connectivity index is 1.68. The zero-order chi connectivity index (χ0) is 20.2. The molecular weight excluding hydrogens is 360 g/mol. The lowest BCUT2D eigenvalue weighted by Gasteiger charge is -2.62. The summed E-state index contributed by atoms with van der Waals surface area (Å²) in [5.74, 6) is -0.0379. The number of hydrogen-bond acceptors (Lipinski definition) is 6. The average Bonchev–Trinajstić information content (AvgIpc) is 3.32. The molecule has 1 N–H and O–H groups in total. The number of carbonyl (C=O) groups excluding carboxylic acids is 2. The summed E-state index contributed by atoms with van der Waals surface area (Å²) in [4.78, 5) is 23.9. The van der Waals surface area contributed by atoms with Crippen molar-refractivity contribution in [2.75, 3.05) is 20.3 Å². The first-order chi connectivity index (χ1) is 13.3. The van der Waals surface area contributed by atoms with Gasteiger partial charge < -0.3 is 19.3 Å². The molecule has 1 unspecified atom stereocenters. The van der Waals surface area contributed by atoms with Gasteiger partial charge in [-0.2, -0.15) is 0 Å². The molecule has 3 fully saturated rings. The van der Waals surface area contributed by atoms with Gasteiger partial charge in [0.1, 0.15) is 12.2 Å². The zero-order valence-corrected chi connectivity index (χ0v) is 17.2. The minimum atomic E-state index is -0.587. The predicted molar refractivity (Wildman–Crippen MR) is 101 cm³/mol. The molecule has 2 aliphatic heterocycles. The number of fused-ring (bicyclic) bond motifs is 2. The van der Waals surface area contributed by atoms with Gasteiger partial charge in [-0.05, 0) is 54.9 Å². The maximum Gasteiger partial charge on any atom is 0.331 e. The van der Waals surface area contributed by atoms with E-state index >= 15 is 0 Å². The highest BCUT2D eigenvalue weighted by Crippen LogP contribution is 2.69. The second-order valence-electron chi connectivity index (χ2n) is 9.59. The van der Waals surface area contributed by atoms with Crippen LogP contribution in [0.1, 0.15) is 58.8 Å². The summed E-state index contributed by atoms with van der Waals surface area (Å²) in [6, 6.07) is 0. The molecule has 1 spiro atoms. The molecule has 2 saturated carbocycles. The van der Waals surface area contributed by atoms with Crippen LogP contribution in [-0.4, -0.2) is 49.1 Å².